The van der Waals surface area contributed by atoms with Crippen molar-refractivity contribution in [3.63, 3.8) is 0 Å². The van der Waals surface area contributed by atoms with Gasteiger partial charge < -0.3 is 10.9 Å². The molecule has 0 fully saturated rings. The average Bonchev–Trinajstić information content (AvgIpc) is 2.16. The van der Waals surface area contributed by atoms with Crippen molar-refractivity contribution in [1.82, 2.24) is 4.31 Å². The van der Waals surface area contributed by atoms with E-state index in [1.807, 2.05) is 6.92 Å². The Morgan fingerprint density at radius 2 is 2.07 bits per heavy atom. The van der Waals surface area contributed by atoms with Gasteiger partial charge in [0.05, 0.1) is 11.8 Å². The van der Waals surface area contributed by atoms with Crippen LogP contribution in [0, 0.1) is 0 Å². The lowest BCUT2D eigenvalue weighted by Gasteiger charge is -2.22. The lowest BCUT2D eigenvalue weighted by atomic mass is 10.4. The topological polar surface area (TPSA) is 96.0 Å². The molecule has 7 heteroatoms. The van der Waals surface area contributed by atoms with E-state index in [0.717, 1.165) is 0 Å². The van der Waals surface area contributed by atoms with Crippen molar-refractivity contribution in [2.75, 3.05) is 13.1 Å². The Morgan fingerprint density at radius 1 is 1.53 bits per heavy atom. The predicted octanol–water partition coefficient (Wildman–Crippen LogP) is 0.183. The summed E-state index contributed by atoms with van der Waals surface area (Å²) in [6.45, 7) is 5.38. The summed E-state index contributed by atoms with van der Waals surface area (Å²) in [6.07, 6.45) is 0.685. The van der Waals surface area contributed by atoms with Crippen molar-refractivity contribution in [3.8, 4) is 0 Å². The Balaban J connectivity index is 4.82. The van der Waals surface area contributed by atoms with Gasteiger partial charge in [0.1, 0.15) is 0 Å². The molecule has 0 aliphatic carbocycles. The van der Waals surface area contributed by atoms with E-state index in [1.165, 1.54) is 4.31 Å². The Kier molecular flexibility index (Phi) is 5.59. The van der Waals surface area contributed by atoms with Crippen LogP contribution in [0.15, 0.2) is 5.16 Å². The van der Waals surface area contributed by atoms with E-state index in [-0.39, 0.29) is 12.4 Å². The van der Waals surface area contributed by atoms with Gasteiger partial charge in [0.25, 0.3) is 0 Å². The quantitative estimate of drug-likeness (QED) is 0.298. The molecule has 3 N–H and O–H groups in total. The molecule has 90 valence electrons. The summed E-state index contributed by atoms with van der Waals surface area (Å²) >= 11 is 0. The lowest BCUT2D eigenvalue weighted by Crippen LogP contribution is -2.42. The standard InChI is InChI=1S/C8H19N3O3S/c1-4-5-11(6-8(9)10-12)15(13,14)7(2)3/h7,12H,4-6H2,1-3H3,(H2,9,10). The average molecular weight is 237 g/mol. The molecule has 15 heavy (non-hydrogen) atoms. The SMILES string of the molecule is CCCN(CC(N)=NO)S(=O)(=O)C(C)C. The molecule has 0 atom stereocenters. The third kappa shape index (κ3) is 4.05. The summed E-state index contributed by atoms with van der Waals surface area (Å²) in [5.41, 5.74) is 5.29. The van der Waals surface area contributed by atoms with Crippen LogP contribution in [0.3, 0.4) is 0 Å². The van der Waals surface area contributed by atoms with Crippen molar-refractivity contribution in [2.45, 2.75) is 32.4 Å². The summed E-state index contributed by atoms with van der Waals surface area (Å²) in [4.78, 5) is 0. The van der Waals surface area contributed by atoms with Crippen LogP contribution in [0.4, 0.5) is 0 Å². The normalized spacial score (nSPS) is 13.8. The second-order valence-corrected chi connectivity index (χ2v) is 6.01. The third-order valence-electron chi connectivity index (χ3n) is 1.90. The van der Waals surface area contributed by atoms with Crippen LogP contribution < -0.4 is 5.73 Å². The molecular weight excluding hydrogens is 218 g/mol. The maximum atomic E-state index is 11.8. The van der Waals surface area contributed by atoms with E-state index in [2.05, 4.69) is 5.16 Å². The molecule has 0 amide bonds. The van der Waals surface area contributed by atoms with Gasteiger partial charge in [-0.25, -0.2) is 8.42 Å². The fraction of sp³-hybridized carbons (Fsp3) is 0.875. The number of oxime groups is 1. The monoisotopic (exact) mass is 237 g/mol. The van der Waals surface area contributed by atoms with E-state index in [0.29, 0.717) is 13.0 Å². The summed E-state index contributed by atoms with van der Waals surface area (Å²) < 4.78 is 24.8. The smallest absolute Gasteiger partial charge is 0.216 e. The third-order valence-corrected chi connectivity index (χ3v) is 4.12. The number of sulfonamides is 1. The first-order chi connectivity index (χ1) is 6.86. The zero-order valence-electron chi connectivity index (χ0n) is 9.34. The fourth-order valence-corrected chi connectivity index (χ4v) is 2.40. The first kappa shape index (κ1) is 14.2. The zero-order valence-corrected chi connectivity index (χ0v) is 10.2. The van der Waals surface area contributed by atoms with Crippen molar-refractivity contribution in [1.29, 1.82) is 0 Å². The maximum Gasteiger partial charge on any atom is 0.216 e. The fourth-order valence-electron chi connectivity index (χ4n) is 1.06. The molecule has 0 unspecified atom stereocenters. The Morgan fingerprint density at radius 3 is 2.40 bits per heavy atom. The molecule has 0 aromatic carbocycles. The highest BCUT2D eigenvalue weighted by molar-refractivity contribution is 7.89. The van der Waals surface area contributed by atoms with E-state index in [1.54, 1.807) is 13.8 Å². The van der Waals surface area contributed by atoms with Crippen LogP contribution >= 0.6 is 0 Å². The highest BCUT2D eigenvalue weighted by Gasteiger charge is 2.25. The highest BCUT2D eigenvalue weighted by atomic mass is 32.2. The molecule has 0 aromatic rings. The number of hydrogen-bond donors (Lipinski definition) is 2. The van der Waals surface area contributed by atoms with E-state index in [9.17, 15) is 8.42 Å². The number of amidine groups is 1. The largest absolute Gasteiger partial charge is 0.409 e. The van der Waals surface area contributed by atoms with Crippen LogP contribution in [-0.4, -0.2) is 42.1 Å². The summed E-state index contributed by atoms with van der Waals surface area (Å²) in [5, 5.41) is 10.7. The van der Waals surface area contributed by atoms with Gasteiger partial charge in [-0.05, 0) is 20.3 Å². The Bertz CT molecular complexity index is 311. The molecule has 0 saturated carbocycles. The highest BCUT2D eigenvalue weighted by Crippen LogP contribution is 2.08. The molecular formula is C8H19N3O3S. The second kappa shape index (κ2) is 5.92. The molecule has 0 spiro atoms. The molecule has 6 nitrogen and oxygen atoms in total. The summed E-state index contributed by atoms with van der Waals surface area (Å²) in [5.74, 6) is -0.104. The minimum absolute atomic E-state index is 0.0646. The van der Waals surface area contributed by atoms with Gasteiger partial charge in [0.15, 0.2) is 5.84 Å². The molecule has 0 aromatic heterocycles. The molecule has 0 heterocycles. The molecule has 0 aliphatic rings. The lowest BCUT2D eigenvalue weighted by molar-refractivity contribution is 0.314. The van der Waals surface area contributed by atoms with E-state index >= 15 is 0 Å². The Hall–Kier alpha value is -0.820. The van der Waals surface area contributed by atoms with Gasteiger partial charge in [-0.2, -0.15) is 4.31 Å². The first-order valence-corrected chi connectivity index (χ1v) is 6.31. The molecule has 0 radical (unpaired) electrons. The van der Waals surface area contributed by atoms with E-state index in [4.69, 9.17) is 10.9 Å². The van der Waals surface area contributed by atoms with Crippen LogP contribution in [0.1, 0.15) is 27.2 Å². The molecule has 0 saturated heterocycles. The summed E-state index contributed by atoms with van der Waals surface area (Å²) in [7, 11) is -3.34. The van der Waals surface area contributed by atoms with Crippen molar-refractivity contribution in [2.24, 2.45) is 10.9 Å². The maximum absolute atomic E-state index is 11.8. The van der Waals surface area contributed by atoms with Gasteiger partial charge in [-0.1, -0.05) is 12.1 Å². The minimum atomic E-state index is -3.34. The Labute approximate surface area is 90.8 Å². The predicted molar refractivity (Wildman–Crippen MR) is 59.3 cm³/mol. The second-order valence-electron chi connectivity index (χ2n) is 3.52. The zero-order chi connectivity index (χ0) is 12.1. The summed E-state index contributed by atoms with van der Waals surface area (Å²) in [6, 6.07) is 0. The van der Waals surface area contributed by atoms with Crippen LogP contribution in [0.25, 0.3) is 0 Å². The minimum Gasteiger partial charge on any atom is -0.409 e. The van der Waals surface area contributed by atoms with Crippen LogP contribution in [-0.2, 0) is 10.0 Å². The number of hydrogen-bond acceptors (Lipinski definition) is 4. The van der Waals surface area contributed by atoms with Gasteiger partial charge >= 0.3 is 0 Å². The van der Waals surface area contributed by atoms with Gasteiger partial charge in [-0.3, -0.25) is 0 Å². The van der Waals surface area contributed by atoms with Crippen LogP contribution in [0.2, 0.25) is 0 Å². The van der Waals surface area contributed by atoms with Crippen molar-refractivity contribution in [3.05, 3.63) is 0 Å². The van der Waals surface area contributed by atoms with Crippen molar-refractivity contribution < 1.29 is 13.6 Å². The van der Waals surface area contributed by atoms with Gasteiger partial charge in [0, 0.05) is 6.54 Å². The molecule has 0 aliphatic heterocycles. The number of rotatable bonds is 6. The van der Waals surface area contributed by atoms with Crippen LogP contribution in [0.5, 0.6) is 0 Å². The molecule has 0 rings (SSSR count). The van der Waals surface area contributed by atoms with E-state index < -0.39 is 15.3 Å². The van der Waals surface area contributed by atoms with Crippen molar-refractivity contribution >= 4 is 15.9 Å². The molecule has 0 bridgehead atoms. The number of nitrogens with zero attached hydrogens (tertiary/aromatic N) is 2. The van der Waals surface area contributed by atoms with Gasteiger partial charge in [-0.15, -0.1) is 0 Å². The number of nitrogens with two attached hydrogens (primary N) is 1. The first-order valence-electron chi connectivity index (χ1n) is 4.81. The van der Waals surface area contributed by atoms with Gasteiger partial charge in [0.2, 0.25) is 10.0 Å².